The van der Waals surface area contributed by atoms with Gasteiger partial charge < -0.3 is 14.0 Å². The molecule has 1 aliphatic rings. The van der Waals surface area contributed by atoms with Crippen molar-refractivity contribution >= 4 is 16.6 Å². The van der Waals surface area contributed by atoms with Crippen molar-refractivity contribution in [1.82, 2.24) is 0 Å². The minimum atomic E-state index is -1.91. The van der Waals surface area contributed by atoms with Gasteiger partial charge in [0.15, 0.2) is 16.6 Å². The fraction of sp³-hybridized carbons (Fsp3) is 0.810. The van der Waals surface area contributed by atoms with Gasteiger partial charge in [0.2, 0.25) is 0 Å². The Labute approximate surface area is 164 Å². The third-order valence-electron chi connectivity index (χ3n) is 6.57. The van der Waals surface area contributed by atoms with E-state index in [0.29, 0.717) is 0 Å². The summed E-state index contributed by atoms with van der Waals surface area (Å²) in [5.41, 5.74) is 2.13. The van der Waals surface area contributed by atoms with Crippen LogP contribution >= 0.6 is 0 Å². The molecule has 0 bridgehead atoms. The molecule has 3 nitrogen and oxygen atoms in total. The third kappa shape index (κ3) is 5.65. The van der Waals surface area contributed by atoms with Crippen molar-refractivity contribution in [2.75, 3.05) is 6.61 Å². The quantitative estimate of drug-likeness (QED) is 0.574. The molecule has 1 rings (SSSR count). The minimum Gasteiger partial charge on any atom is -0.413 e. The highest BCUT2D eigenvalue weighted by Crippen LogP contribution is 2.43. The molecule has 1 saturated carbocycles. The van der Waals surface area contributed by atoms with Crippen molar-refractivity contribution in [3.05, 3.63) is 23.8 Å². The van der Waals surface area contributed by atoms with Crippen LogP contribution in [-0.4, -0.2) is 40.6 Å². The predicted octanol–water partition coefficient (Wildman–Crippen LogP) is 6.04. The summed E-state index contributed by atoms with van der Waals surface area (Å²) in [6, 6.07) is 0. The van der Waals surface area contributed by atoms with E-state index in [1.807, 2.05) is 6.08 Å². The number of aliphatic hydroxyl groups excluding tert-OH is 1. The smallest absolute Gasteiger partial charge is 0.192 e. The van der Waals surface area contributed by atoms with Gasteiger partial charge in [0.05, 0.1) is 18.8 Å². The Morgan fingerprint density at radius 3 is 1.88 bits per heavy atom. The van der Waals surface area contributed by atoms with E-state index in [9.17, 15) is 5.11 Å². The Balaban J connectivity index is 3.08. The maximum Gasteiger partial charge on any atom is 0.192 e. The Hall–Kier alpha value is -0.206. The first-order valence-electron chi connectivity index (χ1n) is 9.86. The average Bonchev–Trinajstić information content (AvgIpc) is 2.40. The lowest BCUT2D eigenvalue weighted by molar-refractivity contribution is 0.0967. The van der Waals surface area contributed by atoms with Crippen LogP contribution < -0.4 is 0 Å². The summed E-state index contributed by atoms with van der Waals surface area (Å²) in [7, 11) is -3.76. The third-order valence-corrected chi connectivity index (χ3v) is 15.6. The molecule has 0 aromatic rings. The molecule has 0 spiro atoms. The fourth-order valence-corrected chi connectivity index (χ4v) is 5.38. The largest absolute Gasteiger partial charge is 0.413 e. The summed E-state index contributed by atoms with van der Waals surface area (Å²) < 4.78 is 13.4. The van der Waals surface area contributed by atoms with E-state index in [2.05, 4.69) is 74.3 Å². The van der Waals surface area contributed by atoms with E-state index in [-0.39, 0.29) is 28.9 Å². The molecule has 152 valence electrons. The molecule has 5 heteroatoms. The van der Waals surface area contributed by atoms with Crippen LogP contribution in [0.2, 0.25) is 36.3 Å². The van der Waals surface area contributed by atoms with Gasteiger partial charge in [-0.3, -0.25) is 0 Å². The van der Waals surface area contributed by atoms with Gasteiger partial charge in [-0.05, 0) is 53.8 Å². The average molecular weight is 399 g/mol. The molecule has 1 aliphatic carbocycles. The van der Waals surface area contributed by atoms with Crippen LogP contribution in [-0.2, 0) is 8.85 Å². The highest BCUT2D eigenvalue weighted by molar-refractivity contribution is 6.74. The summed E-state index contributed by atoms with van der Waals surface area (Å²) in [6.45, 7) is 27.1. The molecule has 0 aromatic heterocycles. The summed E-state index contributed by atoms with van der Waals surface area (Å²) in [5, 5.41) is 9.78. The summed E-state index contributed by atoms with van der Waals surface area (Å²) >= 11 is 0. The molecule has 0 saturated heterocycles. The number of hydrogen-bond acceptors (Lipinski definition) is 3. The van der Waals surface area contributed by atoms with Crippen molar-refractivity contribution < 1.29 is 14.0 Å². The van der Waals surface area contributed by atoms with Gasteiger partial charge in [0.1, 0.15) is 0 Å². The van der Waals surface area contributed by atoms with Crippen molar-refractivity contribution in [2.45, 2.75) is 103 Å². The molecule has 2 atom stereocenters. The predicted molar refractivity (Wildman–Crippen MR) is 118 cm³/mol. The molecule has 1 fully saturated rings. The molecule has 0 amide bonds. The van der Waals surface area contributed by atoms with Crippen LogP contribution in [0, 0.1) is 0 Å². The highest BCUT2D eigenvalue weighted by atomic mass is 28.4. The van der Waals surface area contributed by atoms with Gasteiger partial charge in [-0.1, -0.05) is 54.2 Å². The molecule has 0 unspecified atom stereocenters. The SMILES string of the molecule is C=C1C(=CCO)C[C@H](O[Si](C)(C)C(C)(C)C)C[C@@H]1O[Si](C)(C)C(C)(C)C. The van der Waals surface area contributed by atoms with Gasteiger partial charge in [0.25, 0.3) is 0 Å². The molecular weight excluding hydrogens is 356 g/mol. The first-order valence-corrected chi connectivity index (χ1v) is 15.7. The molecule has 0 heterocycles. The van der Waals surface area contributed by atoms with Crippen LogP contribution in [0.4, 0.5) is 0 Å². The zero-order valence-electron chi connectivity index (χ0n) is 18.8. The van der Waals surface area contributed by atoms with Crippen LogP contribution in [0.1, 0.15) is 54.4 Å². The van der Waals surface area contributed by atoms with Crippen molar-refractivity contribution in [3.63, 3.8) is 0 Å². The first kappa shape index (κ1) is 23.8. The number of aliphatic hydroxyl groups is 1. The number of hydrogen-bond donors (Lipinski definition) is 1. The molecular formula is C21H42O3Si2. The van der Waals surface area contributed by atoms with Crippen molar-refractivity contribution in [1.29, 1.82) is 0 Å². The van der Waals surface area contributed by atoms with Crippen LogP contribution in [0.5, 0.6) is 0 Å². The van der Waals surface area contributed by atoms with E-state index >= 15 is 0 Å². The van der Waals surface area contributed by atoms with Gasteiger partial charge in [0, 0.05) is 6.42 Å². The van der Waals surface area contributed by atoms with Crippen LogP contribution in [0.3, 0.4) is 0 Å². The summed E-state index contributed by atoms with van der Waals surface area (Å²) in [5.74, 6) is 0. The Morgan fingerprint density at radius 2 is 1.46 bits per heavy atom. The normalized spacial score (nSPS) is 25.0. The topological polar surface area (TPSA) is 38.7 Å². The second-order valence-electron chi connectivity index (χ2n) is 10.7. The van der Waals surface area contributed by atoms with E-state index < -0.39 is 16.6 Å². The zero-order valence-corrected chi connectivity index (χ0v) is 20.8. The molecule has 0 aromatic carbocycles. The monoisotopic (exact) mass is 398 g/mol. The zero-order chi connectivity index (χ0) is 20.6. The molecule has 1 N–H and O–H groups in total. The Morgan fingerprint density at radius 1 is 1.00 bits per heavy atom. The van der Waals surface area contributed by atoms with Crippen LogP contribution in [0.25, 0.3) is 0 Å². The lowest BCUT2D eigenvalue weighted by Gasteiger charge is -2.45. The van der Waals surface area contributed by atoms with Gasteiger partial charge in [-0.15, -0.1) is 0 Å². The van der Waals surface area contributed by atoms with Crippen LogP contribution in [0.15, 0.2) is 23.8 Å². The molecule has 26 heavy (non-hydrogen) atoms. The van der Waals surface area contributed by atoms with E-state index in [1.54, 1.807) is 0 Å². The minimum absolute atomic E-state index is 0.0165. The van der Waals surface area contributed by atoms with Crippen molar-refractivity contribution in [2.24, 2.45) is 0 Å². The second-order valence-corrected chi connectivity index (χ2v) is 20.3. The maximum atomic E-state index is 9.45. The van der Waals surface area contributed by atoms with Gasteiger partial charge in [-0.2, -0.15) is 0 Å². The fourth-order valence-electron chi connectivity index (χ4n) is 2.71. The Bertz CT molecular complexity index is 536. The Kier molecular flexibility index (Phi) is 7.37. The lowest BCUT2D eigenvalue weighted by Crippen LogP contribution is -2.49. The molecule has 0 aliphatic heterocycles. The summed E-state index contributed by atoms with van der Waals surface area (Å²) in [4.78, 5) is 0. The summed E-state index contributed by atoms with van der Waals surface area (Å²) in [6.07, 6.45) is 3.68. The number of rotatable bonds is 5. The second kappa shape index (κ2) is 8.04. The first-order chi connectivity index (χ1) is 11.5. The van der Waals surface area contributed by atoms with E-state index in [1.165, 1.54) is 0 Å². The highest BCUT2D eigenvalue weighted by Gasteiger charge is 2.44. The van der Waals surface area contributed by atoms with Gasteiger partial charge in [-0.25, -0.2) is 0 Å². The van der Waals surface area contributed by atoms with Gasteiger partial charge >= 0.3 is 0 Å². The maximum absolute atomic E-state index is 9.45. The van der Waals surface area contributed by atoms with E-state index in [4.69, 9.17) is 8.85 Å². The lowest BCUT2D eigenvalue weighted by atomic mass is 9.86. The molecule has 0 radical (unpaired) electrons. The van der Waals surface area contributed by atoms with Crippen molar-refractivity contribution in [3.8, 4) is 0 Å². The van der Waals surface area contributed by atoms with E-state index in [0.717, 1.165) is 24.0 Å². The standard InChI is InChI=1S/C21H42O3Si2/c1-16-17(12-13-22)14-18(23-25(8,9)20(2,3)4)15-19(16)24-26(10,11)21(5,6)7/h12,18-19,22H,1,13-15H2,2-11H3/t18-,19-/m0/s1.